The van der Waals surface area contributed by atoms with Crippen LogP contribution in [0, 0.1) is 11.3 Å². The summed E-state index contributed by atoms with van der Waals surface area (Å²) in [5.41, 5.74) is 0.198. The number of carbonyl (C=O) groups is 1. The van der Waals surface area contributed by atoms with E-state index in [-0.39, 0.29) is 5.92 Å². The number of hydrogen-bond acceptors (Lipinski definition) is 3. The Bertz CT molecular complexity index is 249. The quantitative estimate of drug-likeness (QED) is 0.663. The van der Waals surface area contributed by atoms with E-state index in [0.717, 1.165) is 5.71 Å². The molecule has 1 aliphatic carbocycles. The van der Waals surface area contributed by atoms with Gasteiger partial charge in [-0.15, -0.1) is 0 Å². The maximum atomic E-state index is 10.9. The highest BCUT2D eigenvalue weighted by Gasteiger charge is 2.43. The van der Waals surface area contributed by atoms with Gasteiger partial charge in [0, 0.05) is 6.42 Å². The lowest BCUT2D eigenvalue weighted by Gasteiger charge is -2.15. The molecule has 0 aliphatic heterocycles. The fraction of sp³-hybridized carbons (Fsp3) is 0.778. The van der Waals surface area contributed by atoms with Gasteiger partial charge in [-0.3, -0.25) is 4.79 Å². The number of oxime groups is 1. The molecule has 1 N–H and O–H groups in total. The number of carboxylic acids is 1. The van der Waals surface area contributed by atoms with E-state index in [9.17, 15) is 4.79 Å². The van der Waals surface area contributed by atoms with Gasteiger partial charge in [0.15, 0.2) is 0 Å². The second kappa shape index (κ2) is 3.36. The fourth-order valence-electron chi connectivity index (χ4n) is 1.84. The molecule has 0 bridgehead atoms. The molecule has 0 saturated heterocycles. The molecule has 1 fully saturated rings. The summed E-state index contributed by atoms with van der Waals surface area (Å²) < 4.78 is 0. The first-order valence-corrected chi connectivity index (χ1v) is 4.33. The number of rotatable bonds is 2. The Morgan fingerprint density at radius 1 is 1.77 bits per heavy atom. The lowest BCUT2D eigenvalue weighted by Crippen LogP contribution is -2.24. The van der Waals surface area contributed by atoms with Gasteiger partial charge in [-0.25, -0.2) is 0 Å². The van der Waals surface area contributed by atoms with Gasteiger partial charge in [0.1, 0.15) is 7.11 Å². The number of aliphatic carboxylic acids is 1. The minimum Gasteiger partial charge on any atom is -0.481 e. The maximum absolute atomic E-state index is 10.9. The van der Waals surface area contributed by atoms with Crippen LogP contribution in [0.15, 0.2) is 5.16 Å². The third-order valence-electron chi connectivity index (χ3n) is 2.62. The van der Waals surface area contributed by atoms with Crippen molar-refractivity contribution in [2.24, 2.45) is 16.5 Å². The van der Waals surface area contributed by atoms with Crippen LogP contribution in [0.3, 0.4) is 0 Å². The minimum absolute atomic E-state index is 0.209. The van der Waals surface area contributed by atoms with Gasteiger partial charge in [-0.1, -0.05) is 12.1 Å². The molecule has 0 aromatic rings. The maximum Gasteiger partial charge on any atom is 0.309 e. The molecule has 1 rings (SSSR count). The standard InChI is InChI=1S/C9H15NO3/c1-6-4-9(2,8(11)12)5-7(6)10-13-3/h6H,4-5H2,1-3H3,(H,11,12)/b10-7+. The summed E-state index contributed by atoms with van der Waals surface area (Å²) >= 11 is 0. The summed E-state index contributed by atoms with van der Waals surface area (Å²) in [6.07, 6.45) is 1.14. The van der Waals surface area contributed by atoms with Crippen molar-refractivity contribution >= 4 is 11.7 Å². The molecule has 0 spiro atoms. The Morgan fingerprint density at radius 3 is 2.77 bits per heavy atom. The molecule has 1 aliphatic rings. The van der Waals surface area contributed by atoms with Crippen LogP contribution in [-0.2, 0) is 9.63 Å². The smallest absolute Gasteiger partial charge is 0.309 e. The molecule has 0 aromatic heterocycles. The van der Waals surface area contributed by atoms with Crippen LogP contribution in [0.2, 0.25) is 0 Å². The second-order valence-corrected chi connectivity index (χ2v) is 3.91. The molecule has 1 saturated carbocycles. The molecular formula is C9H15NO3. The van der Waals surface area contributed by atoms with Crippen LogP contribution in [0.4, 0.5) is 0 Å². The number of hydrogen-bond donors (Lipinski definition) is 1. The topological polar surface area (TPSA) is 58.9 Å². The Morgan fingerprint density at radius 2 is 2.38 bits per heavy atom. The third kappa shape index (κ3) is 1.82. The summed E-state index contributed by atoms with van der Waals surface area (Å²) in [5, 5.41) is 12.8. The molecule has 0 amide bonds. The molecular weight excluding hydrogens is 170 g/mol. The van der Waals surface area contributed by atoms with Crippen molar-refractivity contribution in [2.45, 2.75) is 26.7 Å². The van der Waals surface area contributed by atoms with E-state index in [4.69, 9.17) is 5.11 Å². The van der Waals surface area contributed by atoms with Gasteiger partial charge in [-0.2, -0.15) is 0 Å². The average Bonchev–Trinajstić information content (AvgIpc) is 2.29. The zero-order valence-electron chi connectivity index (χ0n) is 8.20. The van der Waals surface area contributed by atoms with E-state index in [2.05, 4.69) is 9.99 Å². The first-order chi connectivity index (χ1) is 5.99. The Balaban J connectivity index is 2.81. The number of nitrogens with zero attached hydrogens (tertiary/aromatic N) is 1. The highest BCUT2D eigenvalue weighted by molar-refractivity contribution is 5.94. The van der Waals surface area contributed by atoms with Crippen molar-refractivity contribution in [1.82, 2.24) is 0 Å². The van der Waals surface area contributed by atoms with Crippen LogP contribution >= 0.6 is 0 Å². The van der Waals surface area contributed by atoms with Gasteiger partial charge >= 0.3 is 5.97 Å². The third-order valence-corrected chi connectivity index (χ3v) is 2.62. The van der Waals surface area contributed by atoms with Crippen LogP contribution < -0.4 is 0 Å². The lowest BCUT2D eigenvalue weighted by molar-refractivity contribution is -0.147. The van der Waals surface area contributed by atoms with Gasteiger partial charge in [-0.05, 0) is 19.3 Å². The molecule has 2 atom stereocenters. The van der Waals surface area contributed by atoms with Gasteiger partial charge in [0.25, 0.3) is 0 Å². The molecule has 0 heterocycles. The van der Waals surface area contributed by atoms with Gasteiger partial charge in [0.2, 0.25) is 0 Å². The summed E-state index contributed by atoms with van der Waals surface area (Å²) in [6, 6.07) is 0. The Hall–Kier alpha value is -1.06. The minimum atomic E-state index is -0.749. The summed E-state index contributed by atoms with van der Waals surface area (Å²) in [6.45, 7) is 3.73. The molecule has 0 aromatic carbocycles. The van der Waals surface area contributed by atoms with Crippen molar-refractivity contribution in [2.75, 3.05) is 7.11 Å². The van der Waals surface area contributed by atoms with Gasteiger partial charge < -0.3 is 9.94 Å². The monoisotopic (exact) mass is 185 g/mol. The molecule has 4 heteroatoms. The van der Waals surface area contributed by atoms with Crippen molar-refractivity contribution < 1.29 is 14.7 Å². The SMILES string of the molecule is CO/N=C1\CC(C)(C(=O)O)CC1C. The Labute approximate surface area is 77.6 Å². The van der Waals surface area contributed by atoms with E-state index in [1.165, 1.54) is 7.11 Å². The Kier molecular flexibility index (Phi) is 2.59. The molecule has 13 heavy (non-hydrogen) atoms. The van der Waals surface area contributed by atoms with E-state index < -0.39 is 11.4 Å². The highest BCUT2D eigenvalue weighted by atomic mass is 16.6. The van der Waals surface area contributed by atoms with Crippen LogP contribution in [0.5, 0.6) is 0 Å². The summed E-state index contributed by atoms with van der Waals surface area (Å²) in [5.74, 6) is -0.540. The second-order valence-electron chi connectivity index (χ2n) is 3.91. The van der Waals surface area contributed by atoms with Crippen LogP contribution in [-0.4, -0.2) is 23.9 Å². The zero-order chi connectivity index (χ0) is 10.1. The largest absolute Gasteiger partial charge is 0.481 e. The van der Waals surface area contributed by atoms with Crippen molar-refractivity contribution in [1.29, 1.82) is 0 Å². The average molecular weight is 185 g/mol. The van der Waals surface area contributed by atoms with E-state index in [1.54, 1.807) is 6.92 Å². The van der Waals surface area contributed by atoms with Crippen molar-refractivity contribution in [3.8, 4) is 0 Å². The fourth-order valence-corrected chi connectivity index (χ4v) is 1.84. The summed E-state index contributed by atoms with van der Waals surface area (Å²) in [7, 11) is 1.48. The van der Waals surface area contributed by atoms with E-state index in [1.807, 2.05) is 6.92 Å². The van der Waals surface area contributed by atoms with Crippen LogP contribution in [0.25, 0.3) is 0 Å². The predicted octanol–water partition coefficient (Wildman–Crippen LogP) is 1.51. The summed E-state index contributed by atoms with van der Waals surface area (Å²) in [4.78, 5) is 15.6. The van der Waals surface area contributed by atoms with Crippen molar-refractivity contribution in [3.63, 3.8) is 0 Å². The van der Waals surface area contributed by atoms with Crippen molar-refractivity contribution in [3.05, 3.63) is 0 Å². The highest BCUT2D eigenvalue weighted by Crippen LogP contribution is 2.39. The zero-order valence-corrected chi connectivity index (χ0v) is 8.20. The molecule has 0 radical (unpaired) electrons. The predicted molar refractivity (Wildman–Crippen MR) is 48.6 cm³/mol. The van der Waals surface area contributed by atoms with Gasteiger partial charge in [0.05, 0.1) is 11.1 Å². The first-order valence-electron chi connectivity index (χ1n) is 4.33. The van der Waals surface area contributed by atoms with E-state index in [0.29, 0.717) is 12.8 Å². The molecule has 2 unspecified atom stereocenters. The first kappa shape index (κ1) is 10.0. The van der Waals surface area contributed by atoms with E-state index >= 15 is 0 Å². The molecule has 4 nitrogen and oxygen atoms in total. The molecule has 74 valence electrons. The number of carboxylic acid groups (broad SMARTS) is 1. The normalized spacial score (nSPS) is 36.5. The van der Waals surface area contributed by atoms with Crippen LogP contribution in [0.1, 0.15) is 26.7 Å². The lowest BCUT2D eigenvalue weighted by atomic mass is 9.88.